The molecule has 0 fully saturated rings. The fourth-order valence-corrected chi connectivity index (χ4v) is 0.302. The average Bonchev–Trinajstić information content (AvgIpc) is 2.03. The van der Waals surface area contributed by atoms with Crippen molar-refractivity contribution in [3.8, 4) is 0 Å². The van der Waals surface area contributed by atoms with E-state index in [0.717, 1.165) is 0 Å². The van der Waals surface area contributed by atoms with Gasteiger partial charge in [0.2, 0.25) is 0 Å². The Kier molecular flexibility index (Phi) is 13.8. The molecule has 1 unspecified atom stereocenters. The van der Waals surface area contributed by atoms with E-state index in [1.807, 2.05) is 0 Å². The maximum atomic E-state index is 10.5. The van der Waals surface area contributed by atoms with Crippen molar-refractivity contribution in [1.82, 2.24) is 0 Å². The molecule has 12 heavy (non-hydrogen) atoms. The number of rotatable bonds is 2. The van der Waals surface area contributed by atoms with E-state index in [9.17, 15) is 4.79 Å². The van der Waals surface area contributed by atoms with Gasteiger partial charge in [0.25, 0.3) is 0 Å². The summed E-state index contributed by atoms with van der Waals surface area (Å²) in [4.78, 5) is 10.5. The fourth-order valence-electron chi connectivity index (χ4n) is 0.302. The quantitative estimate of drug-likeness (QED) is 0.291. The number of halogens is 3. The molecule has 0 heterocycles. The third-order valence-corrected chi connectivity index (χ3v) is 0.952. The monoisotopic (exact) mass is 511 g/mol. The summed E-state index contributed by atoms with van der Waals surface area (Å²) < 4.78 is 4.27. The van der Waals surface area contributed by atoms with Crippen LogP contribution in [0.5, 0.6) is 0 Å². The fraction of sp³-hybridized carbons (Fsp3) is 0.500. The van der Waals surface area contributed by atoms with Gasteiger partial charge >= 0.3 is 56.5 Å². The Morgan fingerprint density at radius 1 is 1.67 bits per heavy atom. The van der Waals surface area contributed by atoms with Gasteiger partial charge in [0, 0.05) is 0 Å². The van der Waals surface area contributed by atoms with Crippen LogP contribution in [0.1, 0.15) is 6.92 Å². The van der Waals surface area contributed by atoms with Crippen LogP contribution in [0.25, 0.3) is 0 Å². The molecule has 0 rings (SSSR count). The van der Waals surface area contributed by atoms with E-state index in [1.54, 1.807) is 0 Å². The Balaban J connectivity index is 0. The molecule has 0 aliphatic heterocycles. The molecule has 0 saturated heterocycles. The topological polar surface area (TPSA) is 46.5 Å². The summed E-state index contributed by atoms with van der Waals surface area (Å²) in [5.41, 5.74) is 0.0810. The van der Waals surface area contributed by atoms with E-state index in [2.05, 4.69) is 48.5 Å². The van der Waals surface area contributed by atoms with Gasteiger partial charge in [0.05, 0.1) is 18.8 Å². The molecule has 0 radical (unpaired) electrons. The molecule has 0 amide bonds. The summed E-state index contributed by atoms with van der Waals surface area (Å²) in [5.74, 6) is -0.565. The number of carbonyl (C=O) groups is 1. The molecular weight excluding hydrogens is 501 g/mol. The van der Waals surface area contributed by atoms with Crippen LogP contribution < -0.4 is 13.3 Å². The molecule has 1 N–H and O–H groups in total. The first-order valence-corrected chi connectivity index (χ1v) is 15.4. The Morgan fingerprint density at radius 3 is 2.08 bits per heavy atom. The molecule has 0 aromatic heterocycles. The zero-order valence-electron chi connectivity index (χ0n) is 6.68. The zero-order valence-corrected chi connectivity index (χ0v) is 13.2. The van der Waals surface area contributed by atoms with E-state index >= 15 is 0 Å². The van der Waals surface area contributed by atoms with Crippen LogP contribution in [0.3, 0.4) is 0 Å². The van der Waals surface area contributed by atoms with Crippen LogP contribution in [0.2, 0.25) is 0 Å². The Labute approximate surface area is 102 Å². The molecular formula is C6H10I3O3-. The van der Waals surface area contributed by atoms with Gasteiger partial charge in [-0.25, -0.2) is 4.79 Å². The number of ether oxygens (including phenoxy) is 1. The second-order valence-corrected chi connectivity index (χ2v) is 18.0. The number of methoxy groups -OCH3 is 1. The van der Waals surface area contributed by atoms with Gasteiger partial charge in [-0.05, 0) is 6.92 Å². The average molecular weight is 511 g/mol. The van der Waals surface area contributed by atoms with Gasteiger partial charge in [-0.15, -0.1) is 0 Å². The third-order valence-electron chi connectivity index (χ3n) is 0.952. The Bertz CT molecular complexity index is 147. The Morgan fingerprint density at radius 2 is 2.00 bits per heavy atom. The minimum atomic E-state index is -0.822. The number of aliphatic hydroxyl groups excluding tert-OH is 1. The van der Waals surface area contributed by atoms with Crippen LogP contribution in [0.4, 0.5) is 0 Å². The van der Waals surface area contributed by atoms with Gasteiger partial charge in [0.1, 0.15) is 0 Å². The van der Waals surface area contributed by atoms with Gasteiger partial charge in [-0.1, -0.05) is 6.58 Å². The molecule has 0 bridgehead atoms. The molecule has 0 spiro atoms. The first kappa shape index (κ1) is 15.8. The van der Waals surface area contributed by atoms with Gasteiger partial charge in [-0.3, -0.25) is 0 Å². The zero-order chi connectivity index (χ0) is 10.1. The van der Waals surface area contributed by atoms with Crippen molar-refractivity contribution < 1.29 is 27.9 Å². The van der Waals surface area contributed by atoms with Crippen LogP contribution >= 0.6 is 37.2 Å². The van der Waals surface area contributed by atoms with Crippen molar-refractivity contribution in [2.24, 2.45) is 0 Å². The van der Waals surface area contributed by atoms with Crippen LogP contribution in [-0.2, 0) is 9.53 Å². The second-order valence-electron chi connectivity index (χ2n) is 1.75. The molecule has 0 aliphatic rings. The van der Waals surface area contributed by atoms with Crippen molar-refractivity contribution in [3.63, 3.8) is 0 Å². The minimum absolute atomic E-state index is 0.0810. The van der Waals surface area contributed by atoms with Crippen LogP contribution in [0, 0.1) is 0 Å². The maximum absolute atomic E-state index is 10.5. The summed E-state index contributed by atoms with van der Waals surface area (Å²) in [6.45, 7) is 4.76. The summed E-state index contributed by atoms with van der Waals surface area (Å²) in [6, 6.07) is 0. The van der Waals surface area contributed by atoms with Crippen molar-refractivity contribution >= 4 is 43.2 Å². The molecule has 6 heteroatoms. The predicted octanol–water partition coefficient (Wildman–Crippen LogP) is -1.13. The van der Waals surface area contributed by atoms with Crippen LogP contribution in [-0.4, -0.2) is 24.3 Å². The Hall–Kier alpha value is 1.36. The van der Waals surface area contributed by atoms with E-state index in [-0.39, 0.29) is 5.57 Å². The normalized spacial score (nSPS) is 11.1. The molecule has 0 aromatic rings. The van der Waals surface area contributed by atoms with E-state index in [1.165, 1.54) is 14.0 Å². The number of aliphatic hydroxyl groups is 1. The molecule has 0 aliphatic carbocycles. The standard InChI is InChI=1S/C6H10O3.I3/c1-4(5(2)7)6(8)9-3;1-3-2/h5,7H,1H2,2-3H3;/q;-1. The number of hydrogen-bond acceptors (Lipinski definition) is 3. The van der Waals surface area contributed by atoms with Crippen molar-refractivity contribution in [1.29, 1.82) is 0 Å². The van der Waals surface area contributed by atoms with Crippen molar-refractivity contribution in [2.75, 3.05) is 7.11 Å². The van der Waals surface area contributed by atoms with Crippen LogP contribution in [0.15, 0.2) is 12.2 Å². The number of esters is 1. The summed E-state index contributed by atoms with van der Waals surface area (Å²) >= 11 is 5.30. The molecule has 3 nitrogen and oxygen atoms in total. The van der Waals surface area contributed by atoms with E-state index < -0.39 is 12.1 Å². The first-order valence-electron chi connectivity index (χ1n) is 2.83. The summed E-state index contributed by atoms with van der Waals surface area (Å²) in [6.07, 6.45) is -0.822. The van der Waals surface area contributed by atoms with E-state index in [4.69, 9.17) is 5.11 Å². The van der Waals surface area contributed by atoms with E-state index in [0.29, 0.717) is 13.3 Å². The third kappa shape index (κ3) is 9.45. The SMILES string of the molecule is C=C(C(=O)OC)C(C)O.I[I-]I. The second kappa shape index (κ2) is 10.4. The molecule has 0 saturated carbocycles. The molecule has 1 atom stereocenters. The first-order chi connectivity index (χ1) is 5.51. The number of hydrogen-bond donors (Lipinski definition) is 1. The molecule has 74 valence electrons. The van der Waals surface area contributed by atoms with Gasteiger partial charge in [-0.2, -0.15) is 0 Å². The summed E-state index contributed by atoms with van der Waals surface area (Å²) in [7, 11) is 1.25. The van der Waals surface area contributed by atoms with Crippen molar-refractivity contribution in [3.05, 3.63) is 12.2 Å². The van der Waals surface area contributed by atoms with Gasteiger partial charge in [0.15, 0.2) is 0 Å². The van der Waals surface area contributed by atoms with Crippen molar-refractivity contribution in [2.45, 2.75) is 13.0 Å². The predicted molar refractivity (Wildman–Crippen MR) is 60.9 cm³/mol. The molecule has 0 aromatic carbocycles. The van der Waals surface area contributed by atoms with Gasteiger partial charge < -0.3 is 9.84 Å². The summed E-state index contributed by atoms with van der Waals surface area (Å²) in [5, 5.41) is 8.72. The number of carbonyl (C=O) groups excluding carboxylic acids is 1.